The molecular formula is C6H7Cl2Hf. The minimum absolute atomic E-state index is 0.972. The molecule has 1 aliphatic rings. The summed E-state index contributed by atoms with van der Waals surface area (Å²) < 4.78 is 0. The first-order valence-corrected chi connectivity index (χ1v) is 11.4. The second-order valence-corrected chi connectivity index (χ2v) is 6.72. The molecule has 9 heavy (non-hydrogen) atoms. The van der Waals surface area contributed by atoms with Gasteiger partial charge in [-0.05, 0) is 6.92 Å². The van der Waals surface area contributed by atoms with Crippen LogP contribution in [-0.2, 0) is 20.5 Å². The van der Waals surface area contributed by atoms with Gasteiger partial charge in [0.2, 0.25) is 0 Å². The van der Waals surface area contributed by atoms with Crippen molar-refractivity contribution in [3.8, 4) is 0 Å². The molecule has 0 heterocycles. The maximum absolute atomic E-state index is 4.96. The molecule has 0 nitrogen and oxygen atoms in total. The summed E-state index contributed by atoms with van der Waals surface area (Å²) in [5, 5.41) is 0. The van der Waals surface area contributed by atoms with Gasteiger partial charge in [-0.25, -0.2) is 0 Å². The second-order valence-electron chi connectivity index (χ2n) is 1.53. The van der Waals surface area contributed by atoms with Gasteiger partial charge in [-0.2, -0.15) is 0 Å². The Hall–Kier alpha value is 0.930. The van der Waals surface area contributed by atoms with E-state index in [2.05, 4.69) is 19.1 Å². The zero-order chi connectivity index (χ0) is 7.11. The number of rotatable bonds is 0. The van der Waals surface area contributed by atoms with Gasteiger partial charge in [0, 0.05) is 6.42 Å². The van der Waals surface area contributed by atoms with Gasteiger partial charge in [0.1, 0.15) is 0 Å². The van der Waals surface area contributed by atoms with Crippen molar-refractivity contribution >= 4 is 17.2 Å². The van der Waals surface area contributed by atoms with Gasteiger partial charge in [-0.15, -0.1) is 0 Å². The van der Waals surface area contributed by atoms with E-state index in [4.69, 9.17) is 17.2 Å². The quantitative estimate of drug-likeness (QED) is 0.600. The van der Waals surface area contributed by atoms with E-state index in [9.17, 15) is 0 Å². The predicted molar refractivity (Wildman–Crippen MR) is 38.9 cm³/mol. The summed E-state index contributed by atoms with van der Waals surface area (Å²) >= 11 is -0.972. The van der Waals surface area contributed by atoms with Crippen LogP contribution in [0, 0.1) is 6.42 Å². The van der Waals surface area contributed by atoms with Gasteiger partial charge < -0.3 is 0 Å². The zero-order valence-corrected chi connectivity index (χ0v) is 10.2. The molecule has 0 aliphatic heterocycles. The second kappa shape index (κ2) is 7.04. The van der Waals surface area contributed by atoms with Crippen LogP contribution in [-0.4, -0.2) is 0 Å². The van der Waals surface area contributed by atoms with Crippen LogP contribution in [0.15, 0.2) is 23.8 Å². The molecule has 0 fully saturated rings. The third kappa shape index (κ3) is 6.82. The molecule has 0 saturated carbocycles. The summed E-state index contributed by atoms with van der Waals surface area (Å²) in [6.07, 6.45) is 8.24. The molecule has 0 bridgehead atoms. The summed E-state index contributed by atoms with van der Waals surface area (Å²) in [6, 6.07) is 0. The Morgan fingerprint density at radius 2 is 2.00 bits per heavy atom. The van der Waals surface area contributed by atoms with Gasteiger partial charge in [0.05, 0.1) is 0 Å². The van der Waals surface area contributed by atoms with Crippen molar-refractivity contribution in [2.75, 3.05) is 0 Å². The Morgan fingerprint density at radius 3 is 2.11 bits per heavy atom. The fraction of sp³-hybridized carbons (Fsp3) is 0.167. The number of hydrogen-bond acceptors (Lipinski definition) is 0. The molecule has 0 aromatic carbocycles. The molecule has 0 spiro atoms. The first-order chi connectivity index (χ1) is 4.31. The average Bonchev–Trinajstić information content (AvgIpc) is 2.20. The summed E-state index contributed by atoms with van der Waals surface area (Å²) in [6.45, 7) is 2.08. The van der Waals surface area contributed by atoms with Crippen LogP contribution >= 0.6 is 17.2 Å². The molecule has 0 atom stereocenters. The van der Waals surface area contributed by atoms with E-state index in [0.717, 1.165) is 0 Å². The summed E-state index contributed by atoms with van der Waals surface area (Å²) in [7, 11) is 9.92. The molecule has 0 amide bonds. The Morgan fingerprint density at radius 1 is 1.44 bits per heavy atom. The van der Waals surface area contributed by atoms with E-state index in [1.165, 1.54) is 5.57 Å². The fourth-order valence-electron chi connectivity index (χ4n) is 0.470. The number of halogens is 2. The number of hydrogen-bond donors (Lipinski definition) is 0. The predicted octanol–water partition coefficient (Wildman–Crippen LogP) is 3.08. The van der Waals surface area contributed by atoms with Crippen LogP contribution < -0.4 is 0 Å². The monoisotopic (exact) mass is 329 g/mol. The standard InChI is InChI=1S/C6H7.2ClH.Hf/c1-6-4-2-3-5-6;;;/h2-5H,1H3;2*1H;/q;;;+2/p-2. The molecule has 0 unspecified atom stereocenters. The van der Waals surface area contributed by atoms with Crippen molar-refractivity contribution in [1.29, 1.82) is 0 Å². The Labute approximate surface area is 74.4 Å². The van der Waals surface area contributed by atoms with E-state index in [1.807, 2.05) is 12.5 Å². The SMILES string of the molecule is CC1=C[CH]C=C1.[Cl][Hf][Cl]. The fourth-order valence-corrected chi connectivity index (χ4v) is 0.470. The van der Waals surface area contributed by atoms with Crippen molar-refractivity contribution in [2.45, 2.75) is 6.92 Å². The van der Waals surface area contributed by atoms with Crippen molar-refractivity contribution in [3.05, 3.63) is 30.2 Å². The van der Waals surface area contributed by atoms with Crippen LogP contribution in [0.3, 0.4) is 0 Å². The minimum atomic E-state index is -0.972. The van der Waals surface area contributed by atoms with Crippen LogP contribution in [0.1, 0.15) is 6.92 Å². The van der Waals surface area contributed by atoms with E-state index in [0.29, 0.717) is 0 Å². The Bertz CT molecular complexity index is 115. The summed E-state index contributed by atoms with van der Waals surface area (Å²) in [5.41, 5.74) is 1.34. The molecule has 49 valence electrons. The van der Waals surface area contributed by atoms with Crippen LogP contribution in [0.4, 0.5) is 0 Å². The van der Waals surface area contributed by atoms with E-state index < -0.39 is 20.5 Å². The van der Waals surface area contributed by atoms with Gasteiger partial charge in [-0.1, -0.05) is 23.8 Å². The molecule has 0 aromatic heterocycles. The Kier molecular flexibility index (Phi) is 7.77. The van der Waals surface area contributed by atoms with E-state index in [1.54, 1.807) is 0 Å². The molecule has 1 radical (unpaired) electrons. The van der Waals surface area contributed by atoms with Crippen molar-refractivity contribution in [1.82, 2.24) is 0 Å². The first-order valence-electron chi connectivity index (χ1n) is 2.46. The third-order valence-electron chi connectivity index (χ3n) is 0.829. The Balaban J connectivity index is 0.000000187. The van der Waals surface area contributed by atoms with Gasteiger partial charge >= 0.3 is 37.7 Å². The average molecular weight is 329 g/mol. The first kappa shape index (κ1) is 9.93. The third-order valence-corrected chi connectivity index (χ3v) is 0.829. The molecule has 1 rings (SSSR count). The van der Waals surface area contributed by atoms with Crippen molar-refractivity contribution in [2.24, 2.45) is 0 Å². The van der Waals surface area contributed by atoms with Gasteiger partial charge in [0.15, 0.2) is 0 Å². The van der Waals surface area contributed by atoms with Gasteiger partial charge in [0.25, 0.3) is 0 Å². The van der Waals surface area contributed by atoms with Crippen LogP contribution in [0.2, 0.25) is 0 Å². The molecule has 0 aromatic rings. The van der Waals surface area contributed by atoms with Crippen LogP contribution in [0.25, 0.3) is 0 Å². The maximum atomic E-state index is 4.96. The van der Waals surface area contributed by atoms with Gasteiger partial charge in [-0.3, -0.25) is 0 Å². The summed E-state index contributed by atoms with van der Waals surface area (Å²) in [4.78, 5) is 0. The van der Waals surface area contributed by atoms with Crippen molar-refractivity contribution < 1.29 is 20.5 Å². The molecule has 1 aliphatic carbocycles. The molecule has 3 heteroatoms. The van der Waals surface area contributed by atoms with Crippen molar-refractivity contribution in [3.63, 3.8) is 0 Å². The number of allylic oxidation sites excluding steroid dienone is 4. The molecule has 0 N–H and O–H groups in total. The van der Waals surface area contributed by atoms with E-state index >= 15 is 0 Å². The topological polar surface area (TPSA) is 0 Å². The van der Waals surface area contributed by atoms with E-state index in [-0.39, 0.29) is 0 Å². The molecule has 0 saturated heterocycles. The zero-order valence-electron chi connectivity index (χ0n) is 5.07. The summed E-state index contributed by atoms with van der Waals surface area (Å²) in [5.74, 6) is 0. The molecular weight excluding hydrogens is 321 g/mol. The normalized spacial score (nSPS) is 13.9. The van der Waals surface area contributed by atoms with Crippen LogP contribution in [0.5, 0.6) is 0 Å².